The largest absolute Gasteiger partial charge is 0.481 e. The van der Waals surface area contributed by atoms with Gasteiger partial charge in [0, 0.05) is 38.7 Å². The van der Waals surface area contributed by atoms with Gasteiger partial charge in [0.25, 0.3) is 11.5 Å². The molecule has 0 atom stereocenters. The van der Waals surface area contributed by atoms with Crippen LogP contribution in [0.5, 0.6) is 0 Å². The third-order valence-corrected chi connectivity index (χ3v) is 7.85. The molecule has 182 valence electrons. The molecule has 1 N–H and O–H groups in total. The summed E-state index contributed by atoms with van der Waals surface area (Å²) in [5.74, 6) is 0.324. The number of carbonyl (C=O) groups excluding carboxylic acids is 1. The van der Waals surface area contributed by atoms with Crippen LogP contribution >= 0.6 is 24.0 Å². The Kier molecular flexibility index (Phi) is 8.55. The highest BCUT2D eigenvalue weighted by atomic mass is 32.2. The molecule has 3 heterocycles. The number of amides is 1. The third kappa shape index (κ3) is 5.53. The standard InChI is InChI=1S/C24H30N4O4S2/c1-15-8-11-27(12-9-15)21-17(16(2)18(14-25)22(31)26(21)3)13-19-23(32)28(24(33)34-19)10-6-4-5-7-20(29)30/h13,15H,4-12H2,1-3H3,(H,29,30). The lowest BCUT2D eigenvalue weighted by molar-refractivity contribution is -0.137. The number of anilines is 1. The van der Waals surface area contributed by atoms with Crippen molar-refractivity contribution in [3.8, 4) is 6.07 Å². The summed E-state index contributed by atoms with van der Waals surface area (Å²) in [6.07, 6.45) is 5.84. The first kappa shape index (κ1) is 26.0. The maximum absolute atomic E-state index is 13.1. The van der Waals surface area contributed by atoms with E-state index in [-0.39, 0.29) is 23.5 Å². The van der Waals surface area contributed by atoms with Crippen molar-refractivity contribution in [2.75, 3.05) is 24.5 Å². The Morgan fingerprint density at radius 1 is 1.26 bits per heavy atom. The molecule has 10 heteroatoms. The number of hydrogen-bond acceptors (Lipinski definition) is 7. The van der Waals surface area contributed by atoms with Crippen LogP contribution in [0.25, 0.3) is 6.08 Å². The van der Waals surface area contributed by atoms with Crippen LogP contribution in [0.2, 0.25) is 0 Å². The Balaban J connectivity index is 1.92. The zero-order valence-electron chi connectivity index (χ0n) is 19.8. The van der Waals surface area contributed by atoms with Gasteiger partial charge in [0.05, 0.1) is 4.91 Å². The number of thioether (sulfide) groups is 1. The molecule has 0 bridgehead atoms. The summed E-state index contributed by atoms with van der Waals surface area (Å²) in [7, 11) is 1.68. The monoisotopic (exact) mass is 502 g/mol. The molecule has 1 amide bonds. The molecular formula is C24H30N4O4S2. The lowest BCUT2D eigenvalue weighted by Crippen LogP contribution is -2.38. The van der Waals surface area contributed by atoms with E-state index in [1.807, 2.05) is 6.07 Å². The molecule has 8 nitrogen and oxygen atoms in total. The van der Waals surface area contributed by atoms with Crippen LogP contribution in [0, 0.1) is 24.2 Å². The molecule has 2 aliphatic rings. The number of aromatic nitrogens is 1. The minimum absolute atomic E-state index is 0.0804. The van der Waals surface area contributed by atoms with Crippen molar-refractivity contribution in [1.29, 1.82) is 5.26 Å². The summed E-state index contributed by atoms with van der Waals surface area (Å²) < 4.78 is 1.99. The molecule has 0 unspecified atom stereocenters. The summed E-state index contributed by atoms with van der Waals surface area (Å²) in [4.78, 5) is 40.9. The summed E-state index contributed by atoms with van der Waals surface area (Å²) in [6.45, 7) is 6.02. The summed E-state index contributed by atoms with van der Waals surface area (Å²) in [5.41, 5.74) is 1.02. The maximum atomic E-state index is 13.1. The first-order valence-electron chi connectivity index (χ1n) is 11.5. The van der Waals surface area contributed by atoms with Crippen LogP contribution in [0.15, 0.2) is 9.70 Å². The van der Waals surface area contributed by atoms with E-state index in [2.05, 4.69) is 11.8 Å². The van der Waals surface area contributed by atoms with Crippen molar-refractivity contribution in [1.82, 2.24) is 9.47 Å². The van der Waals surface area contributed by atoms with Crippen LogP contribution < -0.4 is 10.5 Å². The first-order valence-corrected chi connectivity index (χ1v) is 12.7. The van der Waals surface area contributed by atoms with Crippen molar-refractivity contribution >= 4 is 52.1 Å². The van der Waals surface area contributed by atoms with Crippen molar-refractivity contribution < 1.29 is 14.7 Å². The zero-order valence-corrected chi connectivity index (χ0v) is 21.4. The molecule has 0 spiro atoms. The van der Waals surface area contributed by atoms with E-state index >= 15 is 0 Å². The number of rotatable bonds is 8. The number of carboxylic acids is 1. The van der Waals surface area contributed by atoms with E-state index < -0.39 is 5.97 Å². The van der Waals surface area contributed by atoms with Gasteiger partial charge in [0.2, 0.25) is 0 Å². The Labute approximate surface area is 209 Å². The highest BCUT2D eigenvalue weighted by Crippen LogP contribution is 2.36. The zero-order chi connectivity index (χ0) is 25.0. The van der Waals surface area contributed by atoms with Gasteiger partial charge in [-0.3, -0.25) is 23.9 Å². The fraction of sp³-hybridized carbons (Fsp3) is 0.542. The van der Waals surface area contributed by atoms with Gasteiger partial charge in [-0.25, -0.2) is 0 Å². The number of aliphatic carboxylic acids is 1. The average Bonchev–Trinajstić information content (AvgIpc) is 3.05. The third-order valence-electron chi connectivity index (χ3n) is 6.47. The average molecular weight is 503 g/mol. The summed E-state index contributed by atoms with van der Waals surface area (Å²) in [6, 6.07) is 2.03. The second-order valence-electron chi connectivity index (χ2n) is 8.92. The second-order valence-corrected chi connectivity index (χ2v) is 10.6. The van der Waals surface area contributed by atoms with Gasteiger partial charge in [-0.2, -0.15) is 5.26 Å². The van der Waals surface area contributed by atoms with Crippen molar-refractivity contribution in [2.24, 2.45) is 13.0 Å². The van der Waals surface area contributed by atoms with E-state index in [1.54, 1.807) is 24.9 Å². The van der Waals surface area contributed by atoms with Gasteiger partial charge in [-0.1, -0.05) is 37.3 Å². The van der Waals surface area contributed by atoms with Crippen molar-refractivity contribution in [3.63, 3.8) is 0 Å². The smallest absolute Gasteiger partial charge is 0.303 e. The lowest BCUT2D eigenvalue weighted by Gasteiger charge is -2.34. The second kappa shape index (κ2) is 11.2. The summed E-state index contributed by atoms with van der Waals surface area (Å²) in [5, 5.41) is 18.4. The highest BCUT2D eigenvalue weighted by molar-refractivity contribution is 8.26. The fourth-order valence-corrected chi connectivity index (χ4v) is 5.65. The van der Waals surface area contributed by atoms with Crippen LogP contribution in [0.3, 0.4) is 0 Å². The van der Waals surface area contributed by atoms with Gasteiger partial charge in [0.1, 0.15) is 21.8 Å². The SMILES string of the molecule is Cc1c(C=C2SC(=S)N(CCCCCC(=O)O)C2=O)c(N2CCC(C)CC2)n(C)c(=O)c1C#N. The molecule has 0 aliphatic carbocycles. The molecule has 1 aromatic heterocycles. The van der Waals surface area contributed by atoms with Crippen molar-refractivity contribution in [3.05, 3.63) is 31.9 Å². The lowest BCUT2D eigenvalue weighted by atomic mass is 9.97. The number of nitrogens with zero attached hydrogens (tertiary/aromatic N) is 4. The quantitative estimate of drug-likeness (QED) is 0.326. The minimum atomic E-state index is -0.822. The molecule has 0 aromatic carbocycles. The number of carboxylic acid groups (broad SMARTS) is 1. The van der Waals surface area contributed by atoms with Crippen molar-refractivity contribution in [2.45, 2.75) is 52.4 Å². The number of thiocarbonyl (C=S) groups is 1. The van der Waals surface area contributed by atoms with Gasteiger partial charge >= 0.3 is 5.97 Å². The molecular weight excluding hydrogens is 472 g/mol. The fourth-order valence-electron chi connectivity index (χ4n) is 4.36. The minimum Gasteiger partial charge on any atom is -0.481 e. The molecule has 3 rings (SSSR count). The Bertz CT molecular complexity index is 1130. The normalized spacial score (nSPS) is 18.1. The van der Waals surface area contributed by atoms with Gasteiger partial charge in [-0.15, -0.1) is 0 Å². The van der Waals surface area contributed by atoms with Gasteiger partial charge in [0.15, 0.2) is 0 Å². The van der Waals surface area contributed by atoms with E-state index in [4.69, 9.17) is 17.3 Å². The van der Waals surface area contributed by atoms with Gasteiger partial charge < -0.3 is 10.0 Å². The number of nitriles is 1. The highest BCUT2D eigenvalue weighted by Gasteiger charge is 2.33. The Morgan fingerprint density at radius 3 is 2.56 bits per heavy atom. The molecule has 2 fully saturated rings. The Morgan fingerprint density at radius 2 is 1.94 bits per heavy atom. The molecule has 2 saturated heterocycles. The molecule has 34 heavy (non-hydrogen) atoms. The van der Waals surface area contributed by atoms with Crippen LogP contribution in [0.1, 0.15) is 62.1 Å². The summed E-state index contributed by atoms with van der Waals surface area (Å²) >= 11 is 6.66. The van der Waals surface area contributed by atoms with Crippen LogP contribution in [-0.2, 0) is 16.6 Å². The predicted molar refractivity (Wildman–Crippen MR) is 138 cm³/mol. The number of pyridine rings is 1. The number of carbonyl (C=O) groups is 2. The molecule has 0 radical (unpaired) electrons. The first-order chi connectivity index (χ1) is 16.1. The number of unbranched alkanes of at least 4 members (excludes halogenated alkanes) is 2. The maximum Gasteiger partial charge on any atom is 0.303 e. The van der Waals surface area contributed by atoms with E-state index in [1.165, 1.54) is 16.3 Å². The Hall–Kier alpha value is -2.64. The molecule has 0 saturated carbocycles. The predicted octanol–water partition coefficient (Wildman–Crippen LogP) is 3.65. The van der Waals surface area contributed by atoms with Crippen LogP contribution in [0.4, 0.5) is 5.82 Å². The van der Waals surface area contributed by atoms with E-state index in [9.17, 15) is 19.6 Å². The van der Waals surface area contributed by atoms with E-state index in [0.29, 0.717) is 52.1 Å². The number of piperidine rings is 1. The number of hydrogen-bond donors (Lipinski definition) is 1. The molecule has 2 aliphatic heterocycles. The van der Waals surface area contributed by atoms with Gasteiger partial charge in [-0.05, 0) is 50.2 Å². The van der Waals surface area contributed by atoms with Crippen LogP contribution in [-0.4, -0.2) is 50.4 Å². The molecule has 1 aromatic rings. The van der Waals surface area contributed by atoms with E-state index in [0.717, 1.165) is 31.7 Å². The topological polar surface area (TPSA) is 107 Å².